The number of carbonyl (C=O) groups is 2. The molecule has 96 valence electrons. The summed E-state index contributed by atoms with van der Waals surface area (Å²) in [6, 6.07) is -0.653. The predicted octanol–water partition coefficient (Wildman–Crippen LogP) is -1.72. The Morgan fingerprint density at radius 2 is 1.56 bits per heavy atom. The molecular weight excluding hydrogens is 216 g/mol. The summed E-state index contributed by atoms with van der Waals surface area (Å²) in [4.78, 5) is 20.4. The quantitative estimate of drug-likeness (QED) is 0.394. The van der Waals surface area contributed by atoms with E-state index in [0.29, 0.717) is 0 Å². The molecule has 7 heteroatoms. The number of aliphatic hydroxyl groups excluding tert-OH is 2. The highest BCUT2D eigenvalue weighted by atomic mass is 16.4. The molecule has 0 aliphatic heterocycles. The lowest BCUT2D eigenvalue weighted by atomic mass is 10.3. The van der Waals surface area contributed by atoms with Crippen LogP contribution in [0.25, 0.3) is 0 Å². The minimum Gasteiger partial charge on any atom is -0.480 e. The highest BCUT2D eigenvalue weighted by molar-refractivity contribution is 5.84. The molecule has 0 saturated heterocycles. The van der Waals surface area contributed by atoms with E-state index in [0.717, 1.165) is 0 Å². The lowest BCUT2D eigenvalue weighted by Gasteiger charge is -2.03. The third-order valence-corrected chi connectivity index (χ3v) is 1.53. The Morgan fingerprint density at radius 3 is 1.75 bits per heavy atom. The Bertz CT molecular complexity index is 210. The molecule has 0 heterocycles. The Morgan fingerprint density at radius 1 is 1.19 bits per heavy atom. The SMILES string of the molecule is CC(O)C(C)O.C[C@H](N)C(=O)NCC(=O)O. The van der Waals surface area contributed by atoms with Gasteiger partial charge in [-0.25, -0.2) is 0 Å². The number of hydrogen-bond acceptors (Lipinski definition) is 5. The van der Waals surface area contributed by atoms with Gasteiger partial charge in [-0.2, -0.15) is 0 Å². The first-order valence-corrected chi connectivity index (χ1v) is 4.79. The van der Waals surface area contributed by atoms with E-state index in [4.69, 9.17) is 21.1 Å². The van der Waals surface area contributed by atoms with Crippen molar-refractivity contribution < 1.29 is 24.9 Å². The highest BCUT2D eigenvalue weighted by Gasteiger charge is 2.07. The summed E-state index contributed by atoms with van der Waals surface area (Å²) in [5, 5.41) is 27.0. The molecule has 0 saturated carbocycles. The monoisotopic (exact) mass is 236 g/mol. The molecule has 0 aromatic carbocycles. The van der Waals surface area contributed by atoms with Crippen LogP contribution in [0.15, 0.2) is 0 Å². The molecule has 3 atom stereocenters. The van der Waals surface area contributed by atoms with E-state index >= 15 is 0 Å². The van der Waals surface area contributed by atoms with Crippen molar-refractivity contribution in [2.24, 2.45) is 5.73 Å². The second kappa shape index (κ2) is 9.08. The van der Waals surface area contributed by atoms with Gasteiger partial charge in [-0.1, -0.05) is 0 Å². The molecule has 7 nitrogen and oxygen atoms in total. The Kier molecular flexibility index (Phi) is 9.77. The minimum atomic E-state index is -1.07. The van der Waals surface area contributed by atoms with Crippen LogP contribution in [0, 0.1) is 0 Å². The predicted molar refractivity (Wildman–Crippen MR) is 57.7 cm³/mol. The molecule has 0 radical (unpaired) electrons. The molecular formula is C9H20N2O5. The van der Waals surface area contributed by atoms with E-state index < -0.39 is 30.1 Å². The van der Waals surface area contributed by atoms with Crippen LogP contribution in [0.5, 0.6) is 0 Å². The second-order valence-electron chi connectivity index (χ2n) is 3.38. The normalized spacial score (nSPS) is 15.1. The number of rotatable bonds is 4. The summed E-state index contributed by atoms with van der Waals surface area (Å²) in [5.74, 6) is -1.53. The Hall–Kier alpha value is -1.18. The molecule has 2 unspecified atom stereocenters. The fourth-order valence-corrected chi connectivity index (χ4v) is 0.324. The minimum absolute atomic E-state index is 0.375. The van der Waals surface area contributed by atoms with Gasteiger partial charge < -0.3 is 26.4 Å². The van der Waals surface area contributed by atoms with Gasteiger partial charge in [0.25, 0.3) is 0 Å². The number of nitrogens with two attached hydrogens (primary N) is 1. The van der Waals surface area contributed by atoms with Gasteiger partial charge in [-0.3, -0.25) is 9.59 Å². The first-order valence-electron chi connectivity index (χ1n) is 4.79. The lowest BCUT2D eigenvalue weighted by molar-refractivity contribution is -0.138. The van der Waals surface area contributed by atoms with Gasteiger partial charge in [-0.05, 0) is 20.8 Å². The number of nitrogens with one attached hydrogen (secondary N) is 1. The Labute approximate surface area is 94.3 Å². The highest BCUT2D eigenvalue weighted by Crippen LogP contribution is 1.85. The van der Waals surface area contributed by atoms with Gasteiger partial charge in [0.05, 0.1) is 18.2 Å². The molecule has 0 bridgehead atoms. The lowest BCUT2D eigenvalue weighted by Crippen LogP contribution is -2.40. The molecule has 1 amide bonds. The van der Waals surface area contributed by atoms with Gasteiger partial charge in [0.1, 0.15) is 6.54 Å². The zero-order valence-electron chi connectivity index (χ0n) is 9.67. The number of hydrogen-bond donors (Lipinski definition) is 5. The van der Waals surface area contributed by atoms with Crippen LogP contribution in [-0.4, -0.2) is 52.0 Å². The molecule has 0 aliphatic carbocycles. The average molecular weight is 236 g/mol. The first-order chi connectivity index (χ1) is 7.18. The van der Waals surface area contributed by atoms with Crippen molar-refractivity contribution in [2.75, 3.05) is 6.54 Å². The summed E-state index contributed by atoms with van der Waals surface area (Å²) < 4.78 is 0. The van der Waals surface area contributed by atoms with E-state index in [-0.39, 0.29) is 6.54 Å². The molecule has 0 aromatic rings. The van der Waals surface area contributed by atoms with Gasteiger partial charge >= 0.3 is 5.97 Å². The second-order valence-corrected chi connectivity index (χ2v) is 3.38. The van der Waals surface area contributed by atoms with Crippen molar-refractivity contribution in [1.82, 2.24) is 5.32 Å². The molecule has 0 aromatic heterocycles. The first kappa shape index (κ1) is 17.2. The standard InChI is InChI=1S/C5H10N2O3.C4H10O2/c1-3(6)5(10)7-2-4(8)9;1-3(5)4(2)6/h3H,2,6H2,1H3,(H,7,10)(H,8,9);3-6H,1-2H3/t3-;/m0./s1. The maximum Gasteiger partial charge on any atom is 0.322 e. The number of aliphatic carboxylic acids is 1. The third-order valence-electron chi connectivity index (χ3n) is 1.53. The van der Waals surface area contributed by atoms with E-state index in [1.807, 2.05) is 0 Å². The van der Waals surface area contributed by atoms with E-state index in [2.05, 4.69) is 5.32 Å². The van der Waals surface area contributed by atoms with Crippen LogP contribution in [0.4, 0.5) is 0 Å². The van der Waals surface area contributed by atoms with Crippen molar-refractivity contribution >= 4 is 11.9 Å². The number of aliphatic hydroxyl groups is 2. The molecule has 0 aliphatic rings. The number of amides is 1. The Balaban J connectivity index is 0. The number of carboxylic acids is 1. The van der Waals surface area contributed by atoms with Crippen LogP contribution in [0.2, 0.25) is 0 Å². The maximum absolute atomic E-state index is 10.5. The smallest absolute Gasteiger partial charge is 0.322 e. The van der Waals surface area contributed by atoms with Crippen LogP contribution in [0.3, 0.4) is 0 Å². The molecule has 6 N–H and O–H groups in total. The van der Waals surface area contributed by atoms with Gasteiger partial charge in [0.2, 0.25) is 5.91 Å². The largest absolute Gasteiger partial charge is 0.480 e. The molecule has 0 fully saturated rings. The van der Waals surface area contributed by atoms with Crippen molar-refractivity contribution in [3.8, 4) is 0 Å². The number of carbonyl (C=O) groups excluding carboxylic acids is 1. The maximum atomic E-state index is 10.5. The van der Waals surface area contributed by atoms with Crippen LogP contribution < -0.4 is 11.1 Å². The van der Waals surface area contributed by atoms with E-state index in [1.54, 1.807) is 13.8 Å². The fraction of sp³-hybridized carbons (Fsp3) is 0.778. The fourth-order valence-electron chi connectivity index (χ4n) is 0.324. The third kappa shape index (κ3) is 12.8. The summed E-state index contributed by atoms with van der Waals surface area (Å²) in [5.41, 5.74) is 5.12. The number of carboxylic acid groups (broad SMARTS) is 1. The van der Waals surface area contributed by atoms with Crippen LogP contribution >= 0.6 is 0 Å². The van der Waals surface area contributed by atoms with Gasteiger partial charge in [0.15, 0.2) is 0 Å². The van der Waals surface area contributed by atoms with Crippen LogP contribution in [-0.2, 0) is 9.59 Å². The van der Waals surface area contributed by atoms with Crippen molar-refractivity contribution in [1.29, 1.82) is 0 Å². The van der Waals surface area contributed by atoms with Crippen molar-refractivity contribution in [3.05, 3.63) is 0 Å². The topological polar surface area (TPSA) is 133 Å². The van der Waals surface area contributed by atoms with E-state index in [1.165, 1.54) is 6.92 Å². The summed E-state index contributed by atoms with van der Waals surface area (Å²) in [6.07, 6.45) is -1.19. The summed E-state index contributed by atoms with van der Waals surface area (Å²) >= 11 is 0. The van der Waals surface area contributed by atoms with Crippen molar-refractivity contribution in [2.45, 2.75) is 39.0 Å². The average Bonchev–Trinajstić information content (AvgIpc) is 2.14. The van der Waals surface area contributed by atoms with E-state index in [9.17, 15) is 9.59 Å². The summed E-state index contributed by atoms with van der Waals surface area (Å²) in [7, 11) is 0. The molecule has 16 heavy (non-hydrogen) atoms. The van der Waals surface area contributed by atoms with Gasteiger partial charge in [-0.15, -0.1) is 0 Å². The molecule has 0 spiro atoms. The zero-order valence-corrected chi connectivity index (χ0v) is 9.67. The van der Waals surface area contributed by atoms with Gasteiger partial charge in [0, 0.05) is 0 Å². The van der Waals surface area contributed by atoms with Crippen molar-refractivity contribution in [3.63, 3.8) is 0 Å². The molecule has 0 rings (SSSR count). The van der Waals surface area contributed by atoms with Crippen LogP contribution in [0.1, 0.15) is 20.8 Å². The summed E-state index contributed by atoms with van der Waals surface area (Å²) in [6.45, 7) is 4.20. The zero-order chi connectivity index (χ0) is 13.3.